The second-order valence-corrected chi connectivity index (χ2v) is 6.55. The van der Waals surface area contributed by atoms with Crippen molar-refractivity contribution in [3.05, 3.63) is 29.3 Å². The Labute approximate surface area is 138 Å². The van der Waals surface area contributed by atoms with Gasteiger partial charge < -0.3 is 15.4 Å². The third kappa shape index (κ3) is 5.64. The fourth-order valence-electron chi connectivity index (χ4n) is 2.01. The van der Waals surface area contributed by atoms with Gasteiger partial charge in [-0.15, -0.1) is 0 Å². The Morgan fingerprint density at radius 2 is 2.00 bits per heavy atom. The summed E-state index contributed by atoms with van der Waals surface area (Å²) in [6, 6.07) is 6.17. The van der Waals surface area contributed by atoms with Crippen LogP contribution in [0.5, 0.6) is 5.75 Å². The quantitative estimate of drug-likeness (QED) is 0.624. The largest absolute Gasteiger partial charge is 0.493 e. The molecule has 2 N–H and O–H groups in total. The van der Waals surface area contributed by atoms with E-state index in [4.69, 9.17) is 17.0 Å². The Kier molecular flexibility index (Phi) is 6.81. The van der Waals surface area contributed by atoms with Crippen LogP contribution in [0.2, 0.25) is 0 Å². The van der Waals surface area contributed by atoms with E-state index in [-0.39, 0.29) is 5.91 Å². The molecular formula is C17H26N2O2S. The third-order valence-electron chi connectivity index (χ3n) is 3.62. The lowest BCUT2D eigenvalue weighted by molar-refractivity contribution is -0.128. The Morgan fingerprint density at radius 3 is 2.64 bits per heavy atom. The van der Waals surface area contributed by atoms with Crippen LogP contribution in [-0.4, -0.2) is 24.7 Å². The van der Waals surface area contributed by atoms with Crippen molar-refractivity contribution in [1.29, 1.82) is 0 Å². The van der Waals surface area contributed by atoms with Crippen molar-refractivity contribution in [2.75, 3.05) is 13.7 Å². The molecule has 0 aliphatic heterocycles. The maximum absolute atomic E-state index is 12.1. The third-order valence-corrected chi connectivity index (χ3v) is 3.92. The molecular weight excluding hydrogens is 296 g/mol. The van der Waals surface area contributed by atoms with Crippen molar-refractivity contribution in [3.63, 3.8) is 0 Å². The molecule has 5 heteroatoms. The summed E-state index contributed by atoms with van der Waals surface area (Å²) in [7, 11) is 1.69. The molecule has 0 aliphatic carbocycles. The first-order valence-electron chi connectivity index (χ1n) is 7.49. The molecule has 0 aliphatic rings. The first-order chi connectivity index (χ1) is 10.3. The number of aryl methyl sites for hydroxylation is 2. The fraction of sp³-hybridized carbons (Fsp3) is 0.529. The monoisotopic (exact) mass is 322 g/mol. The van der Waals surface area contributed by atoms with Gasteiger partial charge in [0.15, 0.2) is 5.11 Å². The molecule has 0 atom stereocenters. The van der Waals surface area contributed by atoms with Gasteiger partial charge in [0.05, 0.1) is 6.61 Å². The van der Waals surface area contributed by atoms with Crippen LogP contribution < -0.4 is 15.4 Å². The van der Waals surface area contributed by atoms with Crippen molar-refractivity contribution >= 4 is 23.2 Å². The minimum Gasteiger partial charge on any atom is -0.493 e. The zero-order valence-electron chi connectivity index (χ0n) is 14.1. The van der Waals surface area contributed by atoms with Crippen LogP contribution in [-0.2, 0) is 4.79 Å². The standard InChI is InChI=1S/C17H26N2O2S/c1-12-7-8-13(2)14(11-12)21-10-6-9-17(3,4)15(20)19-16(22)18-5/h7-8,11H,6,9-10H2,1-5H3,(H2,18,19,20,22). The summed E-state index contributed by atoms with van der Waals surface area (Å²) in [5, 5.41) is 5.78. The Bertz CT molecular complexity index is 541. The van der Waals surface area contributed by atoms with E-state index in [1.165, 1.54) is 5.56 Å². The SMILES string of the molecule is CNC(=S)NC(=O)C(C)(C)CCCOc1cc(C)ccc1C. The van der Waals surface area contributed by atoms with E-state index in [1.54, 1.807) is 7.05 Å². The lowest BCUT2D eigenvalue weighted by atomic mass is 9.87. The second-order valence-electron chi connectivity index (χ2n) is 6.14. The van der Waals surface area contributed by atoms with Crippen molar-refractivity contribution in [2.24, 2.45) is 5.41 Å². The highest BCUT2D eigenvalue weighted by Crippen LogP contribution is 2.24. The van der Waals surface area contributed by atoms with E-state index in [0.717, 1.165) is 24.2 Å². The molecule has 1 rings (SSSR count). The normalized spacial score (nSPS) is 11.0. The number of hydrogen-bond acceptors (Lipinski definition) is 3. The maximum Gasteiger partial charge on any atom is 0.231 e. The molecule has 1 aromatic rings. The molecule has 0 unspecified atom stereocenters. The molecule has 1 aromatic carbocycles. The summed E-state index contributed by atoms with van der Waals surface area (Å²) >= 11 is 4.96. The van der Waals surface area contributed by atoms with Gasteiger partial charge in [-0.3, -0.25) is 4.79 Å². The van der Waals surface area contributed by atoms with Crippen LogP contribution in [0.15, 0.2) is 18.2 Å². The lowest BCUT2D eigenvalue weighted by Crippen LogP contribution is -2.44. The Hall–Kier alpha value is -1.62. The van der Waals surface area contributed by atoms with Gasteiger partial charge in [-0.05, 0) is 56.1 Å². The van der Waals surface area contributed by atoms with Gasteiger partial charge in [-0.2, -0.15) is 0 Å². The lowest BCUT2D eigenvalue weighted by Gasteiger charge is -2.23. The van der Waals surface area contributed by atoms with Gasteiger partial charge in [0.25, 0.3) is 0 Å². The molecule has 0 radical (unpaired) electrons. The molecule has 122 valence electrons. The summed E-state index contributed by atoms with van der Waals surface area (Å²) in [6.07, 6.45) is 1.54. The molecule has 0 heterocycles. The fourth-order valence-corrected chi connectivity index (χ4v) is 2.10. The molecule has 0 spiro atoms. The Morgan fingerprint density at radius 1 is 1.32 bits per heavy atom. The second kappa shape index (κ2) is 8.13. The number of rotatable bonds is 6. The summed E-state index contributed by atoms with van der Waals surface area (Å²) in [6.45, 7) is 8.50. The molecule has 4 nitrogen and oxygen atoms in total. The van der Waals surface area contributed by atoms with Gasteiger partial charge in [0.2, 0.25) is 5.91 Å². The molecule has 0 saturated heterocycles. The van der Waals surface area contributed by atoms with Crippen LogP contribution >= 0.6 is 12.2 Å². The highest BCUT2D eigenvalue weighted by atomic mass is 32.1. The van der Waals surface area contributed by atoms with Gasteiger partial charge in [0.1, 0.15) is 5.75 Å². The van der Waals surface area contributed by atoms with Crippen molar-refractivity contribution in [2.45, 2.75) is 40.5 Å². The number of nitrogens with one attached hydrogen (secondary N) is 2. The summed E-state index contributed by atoms with van der Waals surface area (Å²) in [5.74, 6) is 0.845. The summed E-state index contributed by atoms with van der Waals surface area (Å²) in [4.78, 5) is 12.1. The molecule has 0 fully saturated rings. The number of carbonyl (C=O) groups excluding carboxylic acids is 1. The number of thiocarbonyl (C=S) groups is 1. The minimum atomic E-state index is -0.480. The van der Waals surface area contributed by atoms with Crippen molar-refractivity contribution in [1.82, 2.24) is 10.6 Å². The van der Waals surface area contributed by atoms with Crippen LogP contribution in [0, 0.1) is 19.3 Å². The predicted molar refractivity (Wildman–Crippen MR) is 94.2 cm³/mol. The first kappa shape index (κ1) is 18.4. The van der Waals surface area contributed by atoms with E-state index in [0.29, 0.717) is 11.7 Å². The molecule has 0 aromatic heterocycles. The predicted octanol–water partition coefficient (Wildman–Crippen LogP) is 3.11. The molecule has 0 bridgehead atoms. The summed E-state index contributed by atoms with van der Waals surface area (Å²) < 4.78 is 5.83. The van der Waals surface area contributed by atoms with Crippen LogP contribution in [0.4, 0.5) is 0 Å². The van der Waals surface area contributed by atoms with Crippen LogP contribution in [0.25, 0.3) is 0 Å². The number of amides is 1. The van der Waals surface area contributed by atoms with Gasteiger partial charge >= 0.3 is 0 Å². The van der Waals surface area contributed by atoms with Crippen LogP contribution in [0.3, 0.4) is 0 Å². The minimum absolute atomic E-state index is 0.0708. The smallest absolute Gasteiger partial charge is 0.231 e. The van der Waals surface area contributed by atoms with E-state index >= 15 is 0 Å². The van der Waals surface area contributed by atoms with E-state index in [9.17, 15) is 4.79 Å². The van der Waals surface area contributed by atoms with E-state index in [2.05, 4.69) is 22.8 Å². The zero-order chi connectivity index (χ0) is 16.8. The molecule has 1 amide bonds. The maximum atomic E-state index is 12.1. The highest BCUT2D eigenvalue weighted by molar-refractivity contribution is 7.80. The van der Waals surface area contributed by atoms with Gasteiger partial charge in [-0.1, -0.05) is 26.0 Å². The molecule has 22 heavy (non-hydrogen) atoms. The number of ether oxygens (including phenoxy) is 1. The Balaban J connectivity index is 2.44. The van der Waals surface area contributed by atoms with Gasteiger partial charge in [0, 0.05) is 12.5 Å². The van der Waals surface area contributed by atoms with E-state index < -0.39 is 5.41 Å². The van der Waals surface area contributed by atoms with Crippen molar-refractivity contribution < 1.29 is 9.53 Å². The highest BCUT2D eigenvalue weighted by Gasteiger charge is 2.27. The average molecular weight is 322 g/mol. The number of carbonyl (C=O) groups is 1. The van der Waals surface area contributed by atoms with Crippen molar-refractivity contribution in [3.8, 4) is 5.75 Å². The number of benzene rings is 1. The topological polar surface area (TPSA) is 50.4 Å². The first-order valence-corrected chi connectivity index (χ1v) is 7.90. The van der Waals surface area contributed by atoms with Crippen LogP contribution in [0.1, 0.15) is 37.8 Å². The number of hydrogen-bond donors (Lipinski definition) is 2. The summed E-state index contributed by atoms with van der Waals surface area (Å²) in [5.41, 5.74) is 1.83. The zero-order valence-corrected chi connectivity index (χ0v) is 14.9. The van der Waals surface area contributed by atoms with E-state index in [1.807, 2.05) is 33.8 Å². The average Bonchev–Trinajstić information content (AvgIpc) is 2.46. The molecule has 0 saturated carbocycles. The van der Waals surface area contributed by atoms with Gasteiger partial charge in [-0.25, -0.2) is 0 Å².